The Kier molecular flexibility index (Phi) is 4.22. The summed E-state index contributed by atoms with van der Waals surface area (Å²) in [4.78, 5) is 26.9. The number of hydrogen-bond acceptors (Lipinski definition) is 3. The monoisotopic (exact) mass is 354 g/mol. The molecule has 21 heavy (non-hydrogen) atoms. The maximum atomic E-state index is 13.2. The van der Waals surface area contributed by atoms with Crippen molar-refractivity contribution in [3.8, 4) is 5.69 Å². The van der Waals surface area contributed by atoms with Gasteiger partial charge in [0.05, 0.1) is 12.1 Å². The molecular weight excluding hydrogens is 343 g/mol. The van der Waals surface area contributed by atoms with Crippen LogP contribution in [-0.4, -0.2) is 20.6 Å². The van der Waals surface area contributed by atoms with Gasteiger partial charge < -0.3 is 5.11 Å². The van der Waals surface area contributed by atoms with Crippen molar-refractivity contribution in [3.05, 3.63) is 55.9 Å². The Hall–Kier alpha value is -2.02. The summed E-state index contributed by atoms with van der Waals surface area (Å²) >= 11 is 3.20. The second-order valence-corrected chi connectivity index (χ2v) is 5.40. The van der Waals surface area contributed by atoms with Gasteiger partial charge in [0.25, 0.3) is 0 Å². The average molecular weight is 355 g/mol. The van der Waals surface area contributed by atoms with E-state index in [1.54, 1.807) is 13.8 Å². The summed E-state index contributed by atoms with van der Waals surface area (Å²) in [7, 11) is 0. The summed E-state index contributed by atoms with van der Waals surface area (Å²) in [6.07, 6.45) is -0.232. The molecular formula is C14H12BrFN2O3. The van der Waals surface area contributed by atoms with Crippen LogP contribution in [0.5, 0.6) is 0 Å². The van der Waals surface area contributed by atoms with Crippen molar-refractivity contribution in [1.29, 1.82) is 0 Å². The zero-order chi connectivity index (χ0) is 15.7. The first-order chi connectivity index (χ1) is 9.81. The Morgan fingerprint density at radius 2 is 2.10 bits per heavy atom. The quantitative estimate of drug-likeness (QED) is 0.918. The summed E-state index contributed by atoms with van der Waals surface area (Å²) in [5, 5.41) is 8.96. The molecule has 1 aromatic carbocycles. The molecule has 0 atom stereocenters. The molecule has 0 bridgehead atoms. The average Bonchev–Trinajstić information content (AvgIpc) is 2.36. The molecule has 0 spiro atoms. The van der Waals surface area contributed by atoms with E-state index < -0.39 is 17.5 Å². The Morgan fingerprint density at radius 3 is 2.67 bits per heavy atom. The highest BCUT2D eigenvalue weighted by atomic mass is 79.9. The Morgan fingerprint density at radius 1 is 1.43 bits per heavy atom. The molecule has 0 amide bonds. The molecule has 2 rings (SSSR count). The van der Waals surface area contributed by atoms with E-state index >= 15 is 0 Å². The van der Waals surface area contributed by atoms with Gasteiger partial charge in [-0.25, -0.2) is 9.18 Å². The van der Waals surface area contributed by atoms with Crippen LogP contribution >= 0.6 is 15.9 Å². The minimum absolute atomic E-state index is 0.232. The van der Waals surface area contributed by atoms with Gasteiger partial charge in [-0.15, -0.1) is 0 Å². The fraction of sp³-hybridized carbons (Fsp3) is 0.214. The number of rotatable bonds is 3. The van der Waals surface area contributed by atoms with Crippen molar-refractivity contribution in [2.24, 2.45) is 0 Å². The van der Waals surface area contributed by atoms with Gasteiger partial charge in [-0.2, -0.15) is 4.98 Å². The van der Waals surface area contributed by atoms with Crippen LogP contribution in [0.3, 0.4) is 0 Å². The van der Waals surface area contributed by atoms with E-state index in [2.05, 4.69) is 20.9 Å². The minimum Gasteiger partial charge on any atom is -0.481 e. The number of nitrogens with zero attached hydrogens (tertiary/aromatic N) is 2. The summed E-state index contributed by atoms with van der Waals surface area (Å²) in [5.41, 5.74) is 1.21. The van der Waals surface area contributed by atoms with Crippen LogP contribution in [0.2, 0.25) is 0 Å². The van der Waals surface area contributed by atoms with Gasteiger partial charge in [0.2, 0.25) is 0 Å². The van der Waals surface area contributed by atoms with Gasteiger partial charge in [0, 0.05) is 21.4 Å². The maximum absolute atomic E-state index is 13.2. The summed E-state index contributed by atoms with van der Waals surface area (Å²) < 4.78 is 14.8. The first kappa shape index (κ1) is 15.4. The molecule has 1 heterocycles. The fourth-order valence-corrected chi connectivity index (χ4v) is 2.68. The molecule has 0 aliphatic carbocycles. The Balaban J connectivity index is 2.74. The normalized spacial score (nSPS) is 10.7. The number of carboxylic acid groups (broad SMARTS) is 1. The van der Waals surface area contributed by atoms with E-state index in [4.69, 9.17) is 5.11 Å². The van der Waals surface area contributed by atoms with E-state index in [0.717, 1.165) is 0 Å². The fourth-order valence-electron chi connectivity index (χ4n) is 2.15. The molecule has 0 unspecified atom stereocenters. The SMILES string of the molecule is Cc1nc(=O)n(-c2ccc(F)cc2Br)c(C)c1CC(=O)O. The molecule has 110 valence electrons. The molecule has 2 aromatic rings. The Labute approximate surface area is 128 Å². The highest BCUT2D eigenvalue weighted by Gasteiger charge is 2.16. The topological polar surface area (TPSA) is 72.2 Å². The van der Waals surface area contributed by atoms with E-state index in [1.165, 1.54) is 22.8 Å². The third-order valence-corrected chi connectivity index (χ3v) is 3.78. The lowest BCUT2D eigenvalue weighted by Gasteiger charge is -2.15. The van der Waals surface area contributed by atoms with Gasteiger partial charge in [-0.3, -0.25) is 9.36 Å². The van der Waals surface area contributed by atoms with Crippen molar-refractivity contribution in [3.63, 3.8) is 0 Å². The number of aromatic nitrogens is 2. The molecule has 1 N–H and O–H groups in total. The lowest BCUT2D eigenvalue weighted by atomic mass is 10.1. The number of hydrogen-bond donors (Lipinski definition) is 1. The highest BCUT2D eigenvalue weighted by molar-refractivity contribution is 9.10. The molecule has 0 aliphatic heterocycles. The van der Waals surface area contributed by atoms with E-state index in [0.29, 0.717) is 27.1 Å². The maximum Gasteiger partial charge on any atom is 0.352 e. The smallest absolute Gasteiger partial charge is 0.352 e. The number of halogens is 2. The molecule has 0 fully saturated rings. The lowest BCUT2D eigenvalue weighted by molar-refractivity contribution is -0.136. The van der Waals surface area contributed by atoms with Crippen LogP contribution in [0.4, 0.5) is 4.39 Å². The van der Waals surface area contributed by atoms with Crippen molar-refractivity contribution < 1.29 is 14.3 Å². The minimum atomic E-state index is -1.01. The Bertz CT molecular complexity index is 787. The van der Waals surface area contributed by atoms with Crippen LogP contribution in [0.25, 0.3) is 5.69 Å². The van der Waals surface area contributed by atoms with Crippen LogP contribution < -0.4 is 5.69 Å². The first-order valence-electron chi connectivity index (χ1n) is 6.07. The number of carboxylic acids is 1. The lowest BCUT2D eigenvalue weighted by Crippen LogP contribution is -2.27. The van der Waals surface area contributed by atoms with Crippen molar-refractivity contribution in [2.75, 3.05) is 0 Å². The zero-order valence-corrected chi connectivity index (χ0v) is 12.9. The van der Waals surface area contributed by atoms with Gasteiger partial charge in [0.1, 0.15) is 5.82 Å². The number of benzene rings is 1. The van der Waals surface area contributed by atoms with Crippen LogP contribution in [0, 0.1) is 19.7 Å². The van der Waals surface area contributed by atoms with Gasteiger partial charge in [-0.05, 0) is 48.0 Å². The second kappa shape index (κ2) is 5.77. The van der Waals surface area contributed by atoms with E-state index in [9.17, 15) is 14.0 Å². The highest BCUT2D eigenvalue weighted by Crippen LogP contribution is 2.23. The summed E-state index contributed by atoms with van der Waals surface area (Å²) in [5.74, 6) is -1.45. The van der Waals surface area contributed by atoms with E-state index in [-0.39, 0.29) is 6.42 Å². The third-order valence-electron chi connectivity index (χ3n) is 3.14. The standard InChI is InChI=1S/C14H12BrFN2O3/c1-7-10(6-13(19)20)8(2)18(14(21)17-7)12-4-3-9(16)5-11(12)15/h3-5H,6H2,1-2H3,(H,19,20). The molecule has 1 aromatic heterocycles. The summed E-state index contributed by atoms with van der Waals surface area (Å²) in [6.45, 7) is 3.24. The second-order valence-electron chi connectivity index (χ2n) is 4.55. The van der Waals surface area contributed by atoms with Crippen LogP contribution in [-0.2, 0) is 11.2 Å². The number of carbonyl (C=O) groups is 1. The molecule has 0 radical (unpaired) electrons. The molecule has 5 nitrogen and oxygen atoms in total. The number of aliphatic carboxylic acids is 1. The zero-order valence-electron chi connectivity index (χ0n) is 11.4. The molecule has 0 saturated carbocycles. The molecule has 0 saturated heterocycles. The number of aryl methyl sites for hydroxylation is 1. The largest absolute Gasteiger partial charge is 0.481 e. The van der Waals surface area contributed by atoms with E-state index in [1.807, 2.05) is 0 Å². The van der Waals surface area contributed by atoms with Gasteiger partial charge in [0.15, 0.2) is 0 Å². The van der Waals surface area contributed by atoms with Crippen LogP contribution in [0.1, 0.15) is 17.0 Å². The molecule has 0 aliphatic rings. The third kappa shape index (κ3) is 3.02. The van der Waals surface area contributed by atoms with Crippen molar-refractivity contribution >= 4 is 21.9 Å². The molecule has 7 heteroatoms. The van der Waals surface area contributed by atoms with Crippen molar-refractivity contribution in [1.82, 2.24) is 9.55 Å². The van der Waals surface area contributed by atoms with Crippen molar-refractivity contribution in [2.45, 2.75) is 20.3 Å². The van der Waals surface area contributed by atoms with Crippen LogP contribution in [0.15, 0.2) is 27.5 Å². The first-order valence-corrected chi connectivity index (χ1v) is 6.87. The van der Waals surface area contributed by atoms with Gasteiger partial charge in [-0.1, -0.05) is 0 Å². The predicted octanol–water partition coefficient (Wildman–Crippen LogP) is 2.38. The van der Waals surface area contributed by atoms with Gasteiger partial charge >= 0.3 is 11.7 Å². The summed E-state index contributed by atoms with van der Waals surface area (Å²) in [6, 6.07) is 3.90. The predicted molar refractivity (Wildman–Crippen MR) is 78.3 cm³/mol.